The molecule has 1 aromatic carbocycles. The maximum absolute atomic E-state index is 12.6. The second-order valence-corrected chi connectivity index (χ2v) is 1.86. The van der Waals surface area contributed by atoms with Crippen LogP contribution in [-0.2, 0) is 0 Å². The van der Waals surface area contributed by atoms with Crippen molar-refractivity contribution in [3.05, 3.63) is 29.8 Å². The first kappa shape index (κ1) is 7.94. The van der Waals surface area contributed by atoms with Gasteiger partial charge in [0.25, 0.3) is 0 Å². The van der Waals surface area contributed by atoms with Gasteiger partial charge in [-0.15, -0.1) is 0 Å². The molecular weight excluding hydrogens is 152 g/mol. The number of ether oxygens (including phenoxy) is 1. The van der Waals surface area contributed by atoms with Gasteiger partial charge in [-0.1, -0.05) is 6.07 Å². The summed E-state index contributed by atoms with van der Waals surface area (Å²) >= 11 is 0. The Hall–Kier alpha value is -1.16. The molecule has 1 aromatic rings. The fraction of sp³-hybridized carbons (Fsp3) is 0.143. The van der Waals surface area contributed by atoms with Crippen molar-refractivity contribution in [2.75, 3.05) is 6.73 Å². The third kappa shape index (κ3) is 1.65. The van der Waals surface area contributed by atoms with Crippen LogP contribution in [0.5, 0.6) is 5.75 Å². The zero-order chi connectivity index (χ0) is 8.27. The smallest absolute Gasteiger partial charge is 0.200 e. The predicted octanol–water partition coefficient (Wildman–Crippen LogP) is 1.26. The molecule has 4 heteroatoms. The maximum atomic E-state index is 12.6. The van der Waals surface area contributed by atoms with E-state index in [1.807, 2.05) is 0 Å². The summed E-state index contributed by atoms with van der Waals surface area (Å²) in [4.78, 5) is 0. The summed E-state index contributed by atoms with van der Waals surface area (Å²) in [6, 6.07) is 3.67. The van der Waals surface area contributed by atoms with Crippen LogP contribution in [0, 0.1) is 11.6 Å². The molecule has 2 nitrogen and oxygen atoms in total. The van der Waals surface area contributed by atoms with E-state index in [1.54, 1.807) is 0 Å². The summed E-state index contributed by atoms with van der Waals surface area (Å²) in [5, 5.41) is 0. The average molecular weight is 159 g/mol. The van der Waals surface area contributed by atoms with E-state index in [0.717, 1.165) is 6.07 Å². The van der Waals surface area contributed by atoms with E-state index in [2.05, 4.69) is 4.74 Å². The Morgan fingerprint density at radius 2 is 2.09 bits per heavy atom. The Labute approximate surface area is 62.6 Å². The van der Waals surface area contributed by atoms with Gasteiger partial charge < -0.3 is 4.74 Å². The van der Waals surface area contributed by atoms with Gasteiger partial charge in [-0.2, -0.15) is 4.39 Å². The lowest BCUT2D eigenvalue weighted by molar-refractivity contribution is 0.305. The van der Waals surface area contributed by atoms with Crippen molar-refractivity contribution >= 4 is 0 Å². The third-order valence-electron chi connectivity index (χ3n) is 1.16. The highest BCUT2D eigenvalue weighted by Gasteiger charge is 2.06. The molecule has 0 fully saturated rings. The van der Waals surface area contributed by atoms with Crippen LogP contribution in [0.15, 0.2) is 18.2 Å². The fourth-order valence-electron chi connectivity index (χ4n) is 0.685. The van der Waals surface area contributed by atoms with Gasteiger partial charge in [0.2, 0.25) is 5.82 Å². The first-order valence-corrected chi connectivity index (χ1v) is 3.02. The van der Waals surface area contributed by atoms with Crippen LogP contribution in [0.25, 0.3) is 0 Å². The second-order valence-electron chi connectivity index (χ2n) is 1.86. The quantitative estimate of drug-likeness (QED) is 0.659. The summed E-state index contributed by atoms with van der Waals surface area (Å²) in [7, 11) is 0. The molecule has 0 heterocycles. The maximum Gasteiger partial charge on any atom is 0.200 e. The molecule has 0 saturated carbocycles. The van der Waals surface area contributed by atoms with Crippen molar-refractivity contribution in [1.29, 1.82) is 0 Å². The molecule has 0 spiro atoms. The molecule has 0 atom stereocenters. The van der Waals surface area contributed by atoms with E-state index < -0.39 is 11.6 Å². The summed E-state index contributed by atoms with van der Waals surface area (Å²) < 4.78 is 29.6. The topological polar surface area (TPSA) is 35.2 Å². The summed E-state index contributed by atoms with van der Waals surface area (Å²) in [6.07, 6.45) is 0. The molecule has 0 aliphatic heterocycles. The molecular formula is C7H7F2NO. The van der Waals surface area contributed by atoms with Crippen LogP contribution in [0.2, 0.25) is 0 Å². The molecule has 60 valence electrons. The standard InChI is InChI=1S/C7H7F2NO/c8-5-2-1-3-6(7(5)9)11-4-10/h1-3H,4,10H2. The van der Waals surface area contributed by atoms with Gasteiger partial charge in [-0.05, 0) is 12.1 Å². The Bertz CT molecular complexity index is 252. The zero-order valence-electron chi connectivity index (χ0n) is 5.68. The van der Waals surface area contributed by atoms with E-state index in [4.69, 9.17) is 5.73 Å². The van der Waals surface area contributed by atoms with Gasteiger partial charge in [0.15, 0.2) is 11.6 Å². The molecule has 0 aromatic heterocycles. The molecule has 0 saturated heterocycles. The Kier molecular flexibility index (Phi) is 2.38. The molecule has 0 aliphatic rings. The van der Waals surface area contributed by atoms with Crippen molar-refractivity contribution < 1.29 is 13.5 Å². The van der Waals surface area contributed by atoms with Crippen LogP contribution in [0.4, 0.5) is 8.78 Å². The normalized spacial score (nSPS) is 9.73. The van der Waals surface area contributed by atoms with Gasteiger partial charge in [-0.25, -0.2) is 4.39 Å². The average Bonchev–Trinajstić information content (AvgIpc) is 1.99. The molecule has 11 heavy (non-hydrogen) atoms. The van der Waals surface area contributed by atoms with Crippen molar-refractivity contribution in [2.24, 2.45) is 5.73 Å². The van der Waals surface area contributed by atoms with Crippen molar-refractivity contribution in [2.45, 2.75) is 0 Å². The van der Waals surface area contributed by atoms with E-state index in [1.165, 1.54) is 12.1 Å². The van der Waals surface area contributed by atoms with Crippen LogP contribution < -0.4 is 10.5 Å². The molecule has 0 amide bonds. The lowest BCUT2D eigenvalue weighted by atomic mass is 10.3. The summed E-state index contributed by atoms with van der Waals surface area (Å²) in [5.74, 6) is -2.10. The zero-order valence-corrected chi connectivity index (χ0v) is 5.68. The fourth-order valence-corrected chi connectivity index (χ4v) is 0.685. The minimum atomic E-state index is -1.00. The summed E-state index contributed by atoms with van der Waals surface area (Å²) in [6.45, 7) is -0.166. The third-order valence-corrected chi connectivity index (χ3v) is 1.16. The van der Waals surface area contributed by atoms with Crippen molar-refractivity contribution in [3.63, 3.8) is 0 Å². The highest BCUT2D eigenvalue weighted by Crippen LogP contribution is 2.18. The number of nitrogens with two attached hydrogens (primary N) is 1. The Morgan fingerprint density at radius 1 is 1.36 bits per heavy atom. The van der Waals surface area contributed by atoms with E-state index in [0.29, 0.717) is 0 Å². The molecule has 0 bridgehead atoms. The molecule has 0 aliphatic carbocycles. The second kappa shape index (κ2) is 3.30. The van der Waals surface area contributed by atoms with Gasteiger partial charge in [0.1, 0.15) is 6.73 Å². The lowest BCUT2D eigenvalue weighted by Crippen LogP contribution is -2.08. The predicted molar refractivity (Wildman–Crippen MR) is 36.0 cm³/mol. The van der Waals surface area contributed by atoms with Gasteiger partial charge in [-0.3, -0.25) is 5.73 Å². The van der Waals surface area contributed by atoms with E-state index >= 15 is 0 Å². The SMILES string of the molecule is NCOc1cccc(F)c1F. The summed E-state index contributed by atoms with van der Waals surface area (Å²) in [5.41, 5.74) is 4.97. The van der Waals surface area contributed by atoms with E-state index in [-0.39, 0.29) is 12.5 Å². The Balaban J connectivity index is 2.96. The number of benzene rings is 1. The Morgan fingerprint density at radius 3 is 2.73 bits per heavy atom. The molecule has 0 radical (unpaired) electrons. The van der Waals surface area contributed by atoms with Crippen LogP contribution >= 0.6 is 0 Å². The molecule has 0 unspecified atom stereocenters. The molecule has 2 N–H and O–H groups in total. The van der Waals surface area contributed by atoms with Crippen LogP contribution in [0.1, 0.15) is 0 Å². The number of halogens is 2. The largest absolute Gasteiger partial charge is 0.475 e. The minimum Gasteiger partial charge on any atom is -0.475 e. The minimum absolute atomic E-state index is 0.160. The van der Waals surface area contributed by atoms with Gasteiger partial charge in [0.05, 0.1) is 0 Å². The lowest BCUT2D eigenvalue weighted by Gasteiger charge is -2.02. The van der Waals surface area contributed by atoms with Gasteiger partial charge >= 0.3 is 0 Å². The van der Waals surface area contributed by atoms with Crippen LogP contribution in [0.3, 0.4) is 0 Å². The first-order chi connectivity index (χ1) is 5.25. The highest BCUT2D eigenvalue weighted by atomic mass is 19.2. The van der Waals surface area contributed by atoms with Crippen LogP contribution in [-0.4, -0.2) is 6.73 Å². The molecule has 1 rings (SSSR count). The van der Waals surface area contributed by atoms with E-state index in [9.17, 15) is 8.78 Å². The van der Waals surface area contributed by atoms with Crippen molar-refractivity contribution in [1.82, 2.24) is 0 Å². The number of hydrogen-bond donors (Lipinski definition) is 1. The number of rotatable bonds is 2. The van der Waals surface area contributed by atoms with Crippen molar-refractivity contribution in [3.8, 4) is 5.75 Å². The highest BCUT2D eigenvalue weighted by molar-refractivity contribution is 5.24. The monoisotopic (exact) mass is 159 g/mol. The number of hydrogen-bond acceptors (Lipinski definition) is 2. The van der Waals surface area contributed by atoms with Gasteiger partial charge in [0, 0.05) is 0 Å². The first-order valence-electron chi connectivity index (χ1n) is 3.02.